The minimum Gasteiger partial charge on any atom is -0.482 e. The van der Waals surface area contributed by atoms with Gasteiger partial charge in [0.25, 0.3) is 5.91 Å². The van der Waals surface area contributed by atoms with Gasteiger partial charge in [-0.2, -0.15) is 5.10 Å². The number of para-hydroxylation sites is 1. The highest BCUT2D eigenvalue weighted by atomic mass is 35.5. The Morgan fingerprint density at radius 1 is 1.16 bits per heavy atom. The minimum absolute atomic E-state index is 0.146. The van der Waals surface area contributed by atoms with Crippen LogP contribution in [-0.2, 0) is 11.3 Å². The van der Waals surface area contributed by atoms with E-state index in [0.29, 0.717) is 22.3 Å². The molecule has 0 unspecified atom stereocenters. The number of amides is 1. The van der Waals surface area contributed by atoms with Gasteiger partial charge >= 0.3 is 0 Å². The number of carbonyl (C=O) groups excluding carboxylic acids is 1. The molecule has 0 aliphatic carbocycles. The van der Waals surface area contributed by atoms with Gasteiger partial charge in [0.2, 0.25) is 0 Å². The van der Waals surface area contributed by atoms with Crippen LogP contribution in [0, 0.1) is 0 Å². The maximum Gasteiger partial charge on any atom is 0.258 e. The molecule has 1 heterocycles. The molecule has 7 heteroatoms. The summed E-state index contributed by atoms with van der Waals surface area (Å²) in [6, 6.07) is 14.6. The van der Waals surface area contributed by atoms with Gasteiger partial charge in [-0.25, -0.2) is 4.68 Å². The van der Waals surface area contributed by atoms with Crippen LogP contribution in [0.15, 0.2) is 60.9 Å². The predicted molar refractivity (Wildman–Crippen MR) is 97.4 cm³/mol. The molecule has 0 radical (unpaired) electrons. The van der Waals surface area contributed by atoms with Gasteiger partial charge in [-0.15, -0.1) is 0 Å². The van der Waals surface area contributed by atoms with E-state index in [1.54, 1.807) is 29.1 Å². The number of ether oxygens (including phenoxy) is 1. The molecule has 5 nitrogen and oxygen atoms in total. The lowest BCUT2D eigenvalue weighted by Gasteiger charge is -2.08. The number of nitrogens with one attached hydrogen (secondary N) is 1. The summed E-state index contributed by atoms with van der Waals surface area (Å²) in [7, 11) is 0. The van der Waals surface area contributed by atoms with E-state index in [0.717, 1.165) is 11.3 Å². The van der Waals surface area contributed by atoms with Crippen molar-refractivity contribution in [3.63, 3.8) is 0 Å². The van der Waals surface area contributed by atoms with Crippen molar-refractivity contribution in [1.82, 2.24) is 15.1 Å². The molecule has 0 aliphatic rings. The number of hydrogen-bond acceptors (Lipinski definition) is 3. The predicted octanol–water partition coefficient (Wildman–Crippen LogP) is 3.87. The molecule has 25 heavy (non-hydrogen) atoms. The van der Waals surface area contributed by atoms with E-state index < -0.39 is 0 Å². The van der Waals surface area contributed by atoms with Gasteiger partial charge in [-0.3, -0.25) is 4.79 Å². The zero-order chi connectivity index (χ0) is 17.6. The summed E-state index contributed by atoms with van der Waals surface area (Å²) in [6.07, 6.45) is 3.58. The number of rotatable bonds is 6. The molecular formula is C18H15Cl2N3O2. The smallest absolute Gasteiger partial charge is 0.258 e. The van der Waals surface area contributed by atoms with E-state index in [4.69, 9.17) is 27.9 Å². The van der Waals surface area contributed by atoms with Crippen molar-refractivity contribution in [2.45, 2.75) is 6.54 Å². The molecule has 0 spiro atoms. The highest BCUT2D eigenvalue weighted by Gasteiger charge is 2.08. The molecule has 1 amide bonds. The van der Waals surface area contributed by atoms with Crippen LogP contribution in [0.5, 0.6) is 5.75 Å². The number of nitrogens with zero attached hydrogens (tertiary/aromatic N) is 2. The summed E-state index contributed by atoms with van der Waals surface area (Å²) in [5.74, 6) is 0.115. The lowest BCUT2D eigenvalue weighted by molar-refractivity contribution is -0.123. The van der Waals surface area contributed by atoms with Gasteiger partial charge in [0, 0.05) is 29.4 Å². The van der Waals surface area contributed by atoms with E-state index in [1.807, 2.05) is 36.5 Å². The molecule has 2 aromatic carbocycles. The van der Waals surface area contributed by atoms with Gasteiger partial charge < -0.3 is 10.1 Å². The van der Waals surface area contributed by atoms with E-state index in [1.165, 1.54) is 0 Å². The molecule has 0 saturated carbocycles. The lowest BCUT2D eigenvalue weighted by atomic mass is 10.3. The van der Waals surface area contributed by atoms with Crippen molar-refractivity contribution in [2.24, 2.45) is 0 Å². The van der Waals surface area contributed by atoms with Crippen molar-refractivity contribution in [3.05, 3.63) is 76.5 Å². The highest BCUT2D eigenvalue weighted by molar-refractivity contribution is 6.34. The average Bonchev–Trinajstić information content (AvgIpc) is 3.10. The zero-order valence-corrected chi connectivity index (χ0v) is 14.7. The second-order valence-electron chi connectivity index (χ2n) is 5.27. The van der Waals surface area contributed by atoms with Crippen molar-refractivity contribution >= 4 is 29.1 Å². The maximum atomic E-state index is 11.9. The fourth-order valence-corrected chi connectivity index (χ4v) is 2.49. The van der Waals surface area contributed by atoms with Gasteiger partial charge in [-0.05, 0) is 24.3 Å². The van der Waals surface area contributed by atoms with E-state index in [2.05, 4.69) is 10.4 Å². The Bertz CT molecular complexity index is 866. The molecule has 128 valence electrons. The quantitative estimate of drug-likeness (QED) is 0.711. The summed E-state index contributed by atoms with van der Waals surface area (Å²) in [4.78, 5) is 11.9. The Hall–Kier alpha value is -2.50. The normalized spacial score (nSPS) is 10.5. The third-order valence-electron chi connectivity index (χ3n) is 3.40. The number of benzene rings is 2. The number of halogens is 2. The average molecular weight is 376 g/mol. The maximum absolute atomic E-state index is 11.9. The van der Waals surface area contributed by atoms with Crippen molar-refractivity contribution in [1.29, 1.82) is 0 Å². The third kappa shape index (κ3) is 4.75. The fraction of sp³-hybridized carbons (Fsp3) is 0.111. The van der Waals surface area contributed by atoms with Crippen molar-refractivity contribution < 1.29 is 9.53 Å². The lowest BCUT2D eigenvalue weighted by Crippen LogP contribution is -2.28. The Morgan fingerprint density at radius 3 is 2.76 bits per heavy atom. The molecule has 0 bridgehead atoms. The summed E-state index contributed by atoms with van der Waals surface area (Å²) in [5, 5.41) is 7.95. The molecule has 0 saturated heterocycles. The topological polar surface area (TPSA) is 56.1 Å². The standard InChI is InChI=1S/C18H15Cl2N3O2/c19-14-6-7-16(20)17(8-14)25-12-18(24)21-9-13-10-22-23(11-13)15-4-2-1-3-5-15/h1-8,10-11H,9,12H2,(H,21,24). The largest absolute Gasteiger partial charge is 0.482 e. The SMILES string of the molecule is O=C(COc1cc(Cl)ccc1Cl)NCc1cnn(-c2ccccc2)c1. The van der Waals surface area contributed by atoms with Crippen LogP contribution >= 0.6 is 23.2 Å². The van der Waals surface area contributed by atoms with Crippen LogP contribution in [0.25, 0.3) is 5.69 Å². The second kappa shape index (κ2) is 8.05. The molecule has 0 aliphatic heterocycles. The van der Waals surface area contributed by atoms with Crippen LogP contribution in [0.1, 0.15) is 5.56 Å². The van der Waals surface area contributed by atoms with Gasteiger partial charge in [-0.1, -0.05) is 41.4 Å². The first-order valence-electron chi connectivity index (χ1n) is 7.55. The molecule has 3 rings (SSSR count). The van der Waals surface area contributed by atoms with Crippen LogP contribution in [0.2, 0.25) is 10.0 Å². The van der Waals surface area contributed by atoms with Crippen LogP contribution in [0.3, 0.4) is 0 Å². The Balaban J connectivity index is 1.51. The molecule has 1 N–H and O–H groups in total. The minimum atomic E-state index is -0.261. The summed E-state index contributed by atoms with van der Waals surface area (Å²) in [6.45, 7) is 0.213. The summed E-state index contributed by atoms with van der Waals surface area (Å²) in [5.41, 5.74) is 1.84. The van der Waals surface area contributed by atoms with Crippen molar-refractivity contribution in [3.8, 4) is 11.4 Å². The van der Waals surface area contributed by atoms with Crippen LogP contribution < -0.4 is 10.1 Å². The van der Waals surface area contributed by atoms with Crippen LogP contribution in [-0.4, -0.2) is 22.3 Å². The number of carbonyl (C=O) groups is 1. The first kappa shape index (κ1) is 17.3. The monoisotopic (exact) mass is 375 g/mol. The first-order valence-corrected chi connectivity index (χ1v) is 8.31. The van der Waals surface area contributed by atoms with Crippen molar-refractivity contribution in [2.75, 3.05) is 6.61 Å². The fourth-order valence-electron chi connectivity index (χ4n) is 2.16. The number of hydrogen-bond donors (Lipinski definition) is 1. The van der Waals surface area contributed by atoms with E-state index in [9.17, 15) is 4.79 Å². The first-order chi connectivity index (χ1) is 12.1. The molecule has 3 aromatic rings. The highest BCUT2D eigenvalue weighted by Crippen LogP contribution is 2.27. The summed E-state index contributed by atoms with van der Waals surface area (Å²) < 4.78 is 7.15. The second-order valence-corrected chi connectivity index (χ2v) is 6.11. The molecule has 1 aromatic heterocycles. The van der Waals surface area contributed by atoms with Gasteiger partial charge in [0.15, 0.2) is 6.61 Å². The molecule has 0 fully saturated rings. The van der Waals surface area contributed by atoms with E-state index in [-0.39, 0.29) is 12.5 Å². The van der Waals surface area contributed by atoms with E-state index >= 15 is 0 Å². The van der Waals surface area contributed by atoms with Gasteiger partial charge in [0.1, 0.15) is 5.75 Å². The van der Waals surface area contributed by atoms with Gasteiger partial charge in [0.05, 0.1) is 16.9 Å². The summed E-state index contributed by atoms with van der Waals surface area (Å²) >= 11 is 11.9. The number of aromatic nitrogens is 2. The Morgan fingerprint density at radius 2 is 1.96 bits per heavy atom. The Kier molecular flexibility index (Phi) is 5.58. The molecule has 0 atom stereocenters. The Labute approximate surface area is 155 Å². The zero-order valence-electron chi connectivity index (χ0n) is 13.2. The molecular weight excluding hydrogens is 361 g/mol. The third-order valence-corrected chi connectivity index (χ3v) is 3.95. The van der Waals surface area contributed by atoms with Crippen LogP contribution in [0.4, 0.5) is 0 Å².